The Labute approximate surface area is 151 Å². The van der Waals surface area contributed by atoms with Crippen LogP contribution >= 0.6 is 11.8 Å². The fourth-order valence-corrected chi connectivity index (χ4v) is 4.47. The Morgan fingerprint density at radius 2 is 2.00 bits per heavy atom. The fourth-order valence-electron chi connectivity index (χ4n) is 3.54. The van der Waals surface area contributed by atoms with Gasteiger partial charge in [0.2, 0.25) is 5.91 Å². The van der Waals surface area contributed by atoms with Crippen LogP contribution < -0.4 is 5.32 Å². The first-order valence-electron chi connectivity index (χ1n) is 8.61. The summed E-state index contributed by atoms with van der Waals surface area (Å²) >= 11 is 1.53. The van der Waals surface area contributed by atoms with Crippen molar-refractivity contribution in [2.24, 2.45) is 0 Å². The second-order valence-corrected chi connectivity index (χ2v) is 7.91. The van der Waals surface area contributed by atoms with Crippen LogP contribution in [0.1, 0.15) is 41.7 Å². The molecule has 2 aromatic rings. The smallest absolute Gasteiger partial charge is 0.254 e. The largest absolute Gasteiger partial charge is 0.332 e. The summed E-state index contributed by atoms with van der Waals surface area (Å²) < 4.78 is 0. The molecule has 0 saturated carbocycles. The zero-order valence-electron chi connectivity index (χ0n) is 14.1. The monoisotopic (exact) mass is 352 g/mol. The van der Waals surface area contributed by atoms with E-state index in [1.165, 1.54) is 17.3 Å². The van der Waals surface area contributed by atoms with Gasteiger partial charge in [0, 0.05) is 17.0 Å². The first-order valence-corrected chi connectivity index (χ1v) is 9.49. The van der Waals surface area contributed by atoms with Crippen LogP contribution in [-0.2, 0) is 4.79 Å². The van der Waals surface area contributed by atoms with E-state index in [2.05, 4.69) is 17.4 Å². The normalized spacial score (nSPS) is 22.4. The molecule has 2 unspecified atom stereocenters. The van der Waals surface area contributed by atoms with Crippen LogP contribution in [0.15, 0.2) is 53.4 Å². The lowest BCUT2D eigenvalue weighted by molar-refractivity contribution is -0.115. The van der Waals surface area contributed by atoms with Gasteiger partial charge < -0.3 is 10.2 Å². The van der Waals surface area contributed by atoms with Gasteiger partial charge in [0.05, 0.1) is 17.0 Å². The van der Waals surface area contributed by atoms with E-state index in [0.29, 0.717) is 5.56 Å². The molecule has 2 atom stereocenters. The molecule has 1 saturated heterocycles. The minimum Gasteiger partial charge on any atom is -0.332 e. The Morgan fingerprint density at radius 1 is 1.20 bits per heavy atom. The van der Waals surface area contributed by atoms with Gasteiger partial charge in [0.25, 0.3) is 5.91 Å². The summed E-state index contributed by atoms with van der Waals surface area (Å²) in [5.41, 5.74) is 2.57. The van der Waals surface area contributed by atoms with Crippen LogP contribution in [0.4, 0.5) is 5.69 Å². The van der Waals surface area contributed by atoms with E-state index < -0.39 is 0 Å². The predicted molar refractivity (Wildman–Crippen MR) is 99.8 cm³/mol. The Bertz CT molecular complexity index is 822. The van der Waals surface area contributed by atoms with Gasteiger partial charge in [0.1, 0.15) is 0 Å². The molecular formula is C20H20N2O2S. The maximum absolute atomic E-state index is 13.1. The second-order valence-electron chi connectivity index (χ2n) is 6.53. The molecule has 4 nitrogen and oxygen atoms in total. The van der Waals surface area contributed by atoms with E-state index in [4.69, 9.17) is 0 Å². The molecule has 2 aliphatic rings. The van der Waals surface area contributed by atoms with Crippen molar-refractivity contribution < 1.29 is 9.59 Å². The summed E-state index contributed by atoms with van der Waals surface area (Å²) in [6.45, 7) is 2.66. The predicted octanol–water partition coefficient (Wildman–Crippen LogP) is 4.10. The van der Waals surface area contributed by atoms with Gasteiger partial charge in [-0.25, -0.2) is 0 Å². The molecule has 0 spiro atoms. The molecule has 2 amide bonds. The third-order valence-electron chi connectivity index (χ3n) is 4.86. The molecule has 5 heteroatoms. The molecule has 1 fully saturated rings. The van der Waals surface area contributed by atoms with Crippen LogP contribution in [0.5, 0.6) is 0 Å². The molecule has 0 bridgehead atoms. The molecule has 0 aliphatic carbocycles. The molecule has 0 radical (unpaired) electrons. The number of carbonyl (C=O) groups excluding carboxylic acids is 2. The number of hydrogen-bond donors (Lipinski definition) is 1. The average molecular weight is 352 g/mol. The summed E-state index contributed by atoms with van der Waals surface area (Å²) in [5, 5.41) is 2.81. The number of fused-ring (bicyclic) bond motifs is 1. The molecule has 2 heterocycles. The summed E-state index contributed by atoms with van der Waals surface area (Å²) in [7, 11) is 0. The van der Waals surface area contributed by atoms with Crippen molar-refractivity contribution in [3.8, 4) is 0 Å². The number of benzene rings is 2. The number of amides is 2. The Morgan fingerprint density at radius 3 is 2.80 bits per heavy atom. The zero-order chi connectivity index (χ0) is 17.4. The maximum atomic E-state index is 13.1. The van der Waals surface area contributed by atoms with E-state index >= 15 is 0 Å². The molecule has 4 rings (SSSR count). The van der Waals surface area contributed by atoms with Crippen molar-refractivity contribution in [2.45, 2.75) is 36.0 Å². The molecule has 0 aromatic heterocycles. The van der Waals surface area contributed by atoms with Gasteiger partial charge in [-0.3, -0.25) is 9.59 Å². The van der Waals surface area contributed by atoms with Gasteiger partial charge in [-0.05, 0) is 43.5 Å². The SMILES string of the molecule is CC1Sc2ccc(C(=O)N3CCCC3c3ccccc3)cc2NC1=O. The van der Waals surface area contributed by atoms with Gasteiger partial charge >= 0.3 is 0 Å². The molecule has 1 N–H and O–H groups in total. The van der Waals surface area contributed by atoms with Crippen molar-refractivity contribution in [1.82, 2.24) is 4.90 Å². The Balaban J connectivity index is 1.61. The van der Waals surface area contributed by atoms with Crippen molar-refractivity contribution in [1.29, 1.82) is 0 Å². The molecule has 2 aromatic carbocycles. The van der Waals surface area contributed by atoms with Crippen LogP contribution in [0.25, 0.3) is 0 Å². The Hall–Kier alpha value is -2.27. The van der Waals surface area contributed by atoms with E-state index in [0.717, 1.165) is 30.0 Å². The summed E-state index contributed by atoms with van der Waals surface area (Å²) in [6, 6.07) is 16.0. The Kier molecular flexibility index (Phi) is 4.25. The van der Waals surface area contributed by atoms with E-state index in [-0.39, 0.29) is 23.1 Å². The number of rotatable bonds is 2. The van der Waals surface area contributed by atoms with Gasteiger partial charge in [-0.1, -0.05) is 30.3 Å². The quantitative estimate of drug-likeness (QED) is 0.885. The molecule has 2 aliphatic heterocycles. The number of hydrogen-bond acceptors (Lipinski definition) is 3. The minimum absolute atomic E-state index is 0.00886. The average Bonchev–Trinajstić information content (AvgIpc) is 3.12. The molecular weight excluding hydrogens is 332 g/mol. The summed E-state index contributed by atoms with van der Waals surface area (Å²) in [6.07, 6.45) is 2.01. The molecule has 128 valence electrons. The van der Waals surface area contributed by atoms with E-state index in [1.807, 2.05) is 48.2 Å². The standard InChI is InChI=1S/C20H20N2O2S/c1-13-19(23)21-16-12-15(9-10-18(16)25-13)20(24)22-11-5-8-17(22)14-6-3-2-4-7-14/h2-4,6-7,9-10,12-13,17H,5,8,11H2,1H3,(H,21,23). The van der Waals surface area contributed by atoms with Crippen molar-refractivity contribution in [2.75, 3.05) is 11.9 Å². The van der Waals surface area contributed by atoms with Crippen LogP contribution in [0.3, 0.4) is 0 Å². The lowest BCUT2D eigenvalue weighted by Crippen LogP contribution is -2.31. The second kappa shape index (κ2) is 6.56. The summed E-state index contributed by atoms with van der Waals surface area (Å²) in [5.74, 6) is 0.0254. The van der Waals surface area contributed by atoms with Gasteiger partial charge in [0.15, 0.2) is 0 Å². The number of thioether (sulfide) groups is 1. The zero-order valence-corrected chi connectivity index (χ0v) is 14.9. The van der Waals surface area contributed by atoms with Crippen molar-refractivity contribution in [3.63, 3.8) is 0 Å². The van der Waals surface area contributed by atoms with Gasteiger partial charge in [-0.15, -0.1) is 11.8 Å². The highest BCUT2D eigenvalue weighted by molar-refractivity contribution is 8.00. The minimum atomic E-state index is -0.102. The third-order valence-corrected chi connectivity index (χ3v) is 6.03. The number of anilines is 1. The van der Waals surface area contributed by atoms with E-state index in [9.17, 15) is 9.59 Å². The molecule has 25 heavy (non-hydrogen) atoms. The lowest BCUT2D eigenvalue weighted by Gasteiger charge is -2.26. The number of carbonyl (C=O) groups is 2. The van der Waals surface area contributed by atoms with Crippen LogP contribution in [-0.4, -0.2) is 28.5 Å². The van der Waals surface area contributed by atoms with Gasteiger partial charge in [-0.2, -0.15) is 0 Å². The van der Waals surface area contributed by atoms with Crippen LogP contribution in [0, 0.1) is 0 Å². The summed E-state index contributed by atoms with van der Waals surface area (Å²) in [4.78, 5) is 27.9. The van der Waals surface area contributed by atoms with Crippen molar-refractivity contribution in [3.05, 3.63) is 59.7 Å². The fraction of sp³-hybridized carbons (Fsp3) is 0.300. The number of nitrogens with one attached hydrogen (secondary N) is 1. The first-order chi connectivity index (χ1) is 12.1. The highest BCUT2D eigenvalue weighted by atomic mass is 32.2. The highest BCUT2D eigenvalue weighted by Crippen LogP contribution is 2.37. The number of nitrogens with zero attached hydrogens (tertiary/aromatic N) is 1. The van der Waals surface area contributed by atoms with Crippen LogP contribution in [0.2, 0.25) is 0 Å². The lowest BCUT2D eigenvalue weighted by atomic mass is 10.0. The van der Waals surface area contributed by atoms with E-state index in [1.54, 1.807) is 0 Å². The maximum Gasteiger partial charge on any atom is 0.254 e. The van der Waals surface area contributed by atoms with Crippen molar-refractivity contribution >= 4 is 29.3 Å². The topological polar surface area (TPSA) is 49.4 Å². The first kappa shape index (κ1) is 16.2. The number of likely N-dealkylation sites (tertiary alicyclic amines) is 1. The highest BCUT2D eigenvalue weighted by Gasteiger charge is 2.31. The third kappa shape index (κ3) is 3.04.